The molecule has 0 aliphatic carbocycles. The highest BCUT2D eigenvalue weighted by Crippen LogP contribution is 2.30. The summed E-state index contributed by atoms with van der Waals surface area (Å²) in [6.07, 6.45) is 3.03. The third-order valence-electron chi connectivity index (χ3n) is 2.85. The molecular formula is C13H14Cl2N3O2S+. The van der Waals surface area contributed by atoms with E-state index >= 15 is 0 Å². The first-order valence-corrected chi connectivity index (χ1v) is 8.28. The van der Waals surface area contributed by atoms with Gasteiger partial charge in [0.25, 0.3) is 0 Å². The van der Waals surface area contributed by atoms with Crippen molar-refractivity contribution in [3.63, 3.8) is 0 Å². The maximum atomic E-state index is 12.4. The molecule has 21 heavy (non-hydrogen) atoms. The molecule has 0 saturated carbocycles. The Morgan fingerprint density at radius 2 is 1.76 bits per heavy atom. The van der Waals surface area contributed by atoms with Crippen molar-refractivity contribution in [1.29, 1.82) is 0 Å². The predicted octanol–water partition coefficient (Wildman–Crippen LogP) is 2.36. The second kappa shape index (κ2) is 6.19. The smallest absolute Gasteiger partial charge is 0.247 e. The lowest BCUT2D eigenvalue weighted by Gasteiger charge is -2.12. The van der Waals surface area contributed by atoms with Crippen molar-refractivity contribution in [2.45, 2.75) is 18.0 Å². The van der Waals surface area contributed by atoms with E-state index in [-0.39, 0.29) is 20.6 Å². The van der Waals surface area contributed by atoms with E-state index in [2.05, 4.69) is 4.72 Å². The fraction of sp³-hybridized carbons (Fsp3) is 0.154. The van der Waals surface area contributed by atoms with Gasteiger partial charge in [0.1, 0.15) is 4.90 Å². The van der Waals surface area contributed by atoms with Gasteiger partial charge in [0.2, 0.25) is 16.2 Å². The Bertz CT molecular complexity index is 752. The molecule has 1 aromatic heterocycles. The van der Waals surface area contributed by atoms with Crippen LogP contribution in [0.25, 0.3) is 0 Å². The molecule has 0 amide bonds. The van der Waals surface area contributed by atoms with Crippen LogP contribution in [0.2, 0.25) is 10.0 Å². The van der Waals surface area contributed by atoms with Crippen molar-refractivity contribution in [3.05, 3.63) is 52.8 Å². The number of aromatic nitrogens is 1. The summed E-state index contributed by atoms with van der Waals surface area (Å²) in [4.78, 5) is -0.105. The minimum absolute atomic E-state index is 0.0228. The third kappa shape index (κ3) is 3.65. The van der Waals surface area contributed by atoms with Gasteiger partial charge < -0.3 is 5.73 Å². The monoisotopic (exact) mass is 346 g/mol. The molecule has 0 fully saturated rings. The molecule has 0 radical (unpaired) electrons. The number of nitrogen functional groups attached to an aromatic ring is 1. The summed E-state index contributed by atoms with van der Waals surface area (Å²) in [5.74, 6) is 0. The number of benzene rings is 1. The summed E-state index contributed by atoms with van der Waals surface area (Å²) in [5.41, 5.74) is 5.82. The molecule has 1 heterocycles. The lowest BCUT2D eigenvalue weighted by Crippen LogP contribution is -2.47. The Morgan fingerprint density at radius 3 is 2.38 bits per heavy atom. The first-order valence-electron chi connectivity index (χ1n) is 6.04. The highest BCUT2D eigenvalue weighted by Gasteiger charge is 2.25. The van der Waals surface area contributed by atoms with Crippen molar-refractivity contribution in [1.82, 2.24) is 4.72 Å². The van der Waals surface area contributed by atoms with Gasteiger partial charge >= 0.3 is 0 Å². The SMILES string of the molecule is CC(NS(=O)(=O)c1cc(Cl)c(N)cc1Cl)[n+]1ccccc1. The number of hydrogen-bond donors (Lipinski definition) is 2. The van der Waals surface area contributed by atoms with Crippen LogP contribution in [0.5, 0.6) is 0 Å². The van der Waals surface area contributed by atoms with E-state index < -0.39 is 16.2 Å². The lowest BCUT2D eigenvalue weighted by atomic mass is 10.3. The average molecular weight is 347 g/mol. The van der Waals surface area contributed by atoms with Crippen LogP contribution in [-0.4, -0.2) is 8.42 Å². The summed E-state index contributed by atoms with van der Waals surface area (Å²) in [6.45, 7) is 1.71. The number of pyridine rings is 1. The van der Waals surface area contributed by atoms with E-state index in [4.69, 9.17) is 28.9 Å². The zero-order valence-electron chi connectivity index (χ0n) is 11.1. The number of rotatable bonds is 4. The maximum Gasteiger partial charge on any atom is 0.247 e. The van der Waals surface area contributed by atoms with Gasteiger partial charge in [-0.2, -0.15) is 4.57 Å². The standard InChI is InChI=1S/C13H14Cl2N3O2S/c1-9(18-5-3-2-4-6-18)17-21(19,20)13-8-10(14)12(16)7-11(13)15/h2-9,17H,16H2,1H3/q+1. The van der Waals surface area contributed by atoms with Crippen LogP contribution >= 0.6 is 23.2 Å². The molecule has 1 atom stereocenters. The van der Waals surface area contributed by atoms with Gasteiger partial charge in [-0.25, -0.2) is 8.42 Å². The van der Waals surface area contributed by atoms with Crippen LogP contribution in [0.3, 0.4) is 0 Å². The van der Waals surface area contributed by atoms with Crippen molar-refractivity contribution in [2.24, 2.45) is 0 Å². The Kier molecular flexibility index (Phi) is 4.73. The molecule has 1 unspecified atom stereocenters. The van der Waals surface area contributed by atoms with Crippen LogP contribution in [0.4, 0.5) is 5.69 Å². The van der Waals surface area contributed by atoms with E-state index in [0.29, 0.717) is 0 Å². The molecule has 1 aromatic carbocycles. The van der Waals surface area contributed by atoms with E-state index in [0.717, 1.165) is 0 Å². The second-order valence-corrected chi connectivity index (χ2v) is 6.92. The number of nitrogens with zero attached hydrogens (tertiary/aromatic N) is 1. The van der Waals surface area contributed by atoms with E-state index in [9.17, 15) is 8.42 Å². The van der Waals surface area contributed by atoms with Crippen LogP contribution in [-0.2, 0) is 10.0 Å². The summed E-state index contributed by atoms with van der Waals surface area (Å²) in [6, 6.07) is 8.01. The van der Waals surface area contributed by atoms with Gasteiger partial charge in [0, 0.05) is 19.1 Å². The molecule has 3 N–H and O–H groups in total. The quantitative estimate of drug-likeness (QED) is 0.659. The number of nitrogens with two attached hydrogens (primary N) is 1. The summed E-state index contributed by atoms with van der Waals surface area (Å²) in [5, 5.41) is 0.162. The van der Waals surface area contributed by atoms with E-state index in [1.807, 2.05) is 6.07 Å². The average Bonchev–Trinajstić information content (AvgIpc) is 2.43. The van der Waals surface area contributed by atoms with Gasteiger partial charge in [-0.15, -0.1) is 4.72 Å². The van der Waals surface area contributed by atoms with Crippen molar-refractivity contribution < 1.29 is 13.0 Å². The molecule has 0 spiro atoms. The van der Waals surface area contributed by atoms with Gasteiger partial charge in [-0.3, -0.25) is 0 Å². The maximum absolute atomic E-state index is 12.4. The van der Waals surface area contributed by atoms with Gasteiger partial charge in [-0.05, 0) is 12.1 Å². The molecule has 0 saturated heterocycles. The fourth-order valence-corrected chi connectivity index (χ4v) is 3.76. The Hall–Kier alpha value is -1.34. The summed E-state index contributed by atoms with van der Waals surface area (Å²) < 4.78 is 29.0. The molecule has 2 rings (SSSR count). The van der Waals surface area contributed by atoms with Crippen molar-refractivity contribution >= 4 is 38.9 Å². The minimum atomic E-state index is -3.82. The molecule has 112 valence electrons. The lowest BCUT2D eigenvalue weighted by molar-refractivity contribution is -0.722. The minimum Gasteiger partial charge on any atom is -0.397 e. The van der Waals surface area contributed by atoms with Crippen molar-refractivity contribution in [2.75, 3.05) is 5.73 Å². The van der Waals surface area contributed by atoms with E-state index in [1.165, 1.54) is 12.1 Å². The number of halogens is 2. The Labute approximate surface area is 133 Å². The number of hydrogen-bond acceptors (Lipinski definition) is 3. The molecule has 5 nitrogen and oxygen atoms in total. The number of nitrogens with one attached hydrogen (secondary N) is 1. The predicted molar refractivity (Wildman–Crippen MR) is 82.5 cm³/mol. The normalized spacial score (nSPS) is 13.1. The third-order valence-corrected chi connectivity index (χ3v) is 5.17. The summed E-state index contributed by atoms with van der Waals surface area (Å²) >= 11 is 11.8. The van der Waals surface area contributed by atoms with Crippen LogP contribution < -0.4 is 15.0 Å². The first kappa shape index (κ1) is 16.0. The highest BCUT2D eigenvalue weighted by atomic mass is 35.5. The summed E-state index contributed by atoms with van der Waals surface area (Å²) in [7, 11) is -3.82. The highest BCUT2D eigenvalue weighted by molar-refractivity contribution is 7.89. The molecule has 0 aliphatic rings. The molecule has 0 bridgehead atoms. The molecular weight excluding hydrogens is 333 g/mol. The number of sulfonamides is 1. The van der Waals surface area contributed by atoms with Gasteiger partial charge in [-0.1, -0.05) is 29.3 Å². The first-order chi connectivity index (χ1) is 9.81. The zero-order chi connectivity index (χ0) is 15.6. The fourth-order valence-electron chi connectivity index (χ4n) is 1.77. The van der Waals surface area contributed by atoms with E-state index in [1.54, 1.807) is 36.0 Å². The molecule has 2 aromatic rings. The van der Waals surface area contributed by atoms with Gasteiger partial charge in [0.05, 0.1) is 15.7 Å². The van der Waals surface area contributed by atoms with Crippen molar-refractivity contribution in [3.8, 4) is 0 Å². The Morgan fingerprint density at radius 1 is 1.14 bits per heavy atom. The van der Waals surface area contributed by atoms with Crippen LogP contribution in [0.15, 0.2) is 47.6 Å². The Balaban J connectivity index is 2.33. The number of anilines is 1. The topological polar surface area (TPSA) is 76.1 Å². The van der Waals surface area contributed by atoms with Crippen LogP contribution in [0.1, 0.15) is 13.1 Å². The zero-order valence-corrected chi connectivity index (χ0v) is 13.5. The van der Waals surface area contributed by atoms with Gasteiger partial charge in [0.15, 0.2) is 12.4 Å². The second-order valence-electron chi connectivity index (χ2n) is 4.42. The molecule has 0 aliphatic heterocycles. The largest absolute Gasteiger partial charge is 0.397 e. The van der Waals surface area contributed by atoms with Crippen LogP contribution in [0, 0.1) is 0 Å². The molecule has 8 heteroatoms.